The monoisotopic (exact) mass is 321 g/mol. The first kappa shape index (κ1) is 16.0. The molecule has 0 aliphatic carbocycles. The lowest BCUT2D eigenvalue weighted by atomic mass is 10.0. The summed E-state index contributed by atoms with van der Waals surface area (Å²) in [7, 11) is 0. The van der Waals surface area contributed by atoms with E-state index in [1.165, 1.54) is 12.3 Å². The molecule has 1 unspecified atom stereocenters. The summed E-state index contributed by atoms with van der Waals surface area (Å²) in [6.07, 6.45) is 0.886. The molecule has 0 bridgehead atoms. The maximum absolute atomic E-state index is 11.9. The predicted octanol–water partition coefficient (Wildman–Crippen LogP) is 3.13. The Morgan fingerprint density at radius 3 is 2.42 bits per heavy atom. The maximum Gasteiger partial charge on any atom is 0.223 e. The maximum atomic E-state index is 11.9. The van der Waals surface area contributed by atoms with E-state index in [0.717, 1.165) is 16.8 Å². The van der Waals surface area contributed by atoms with Crippen molar-refractivity contribution in [3.8, 4) is 11.4 Å². The lowest BCUT2D eigenvalue weighted by molar-refractivity contribution is 0.170. The highest BCUT2D eigenvalue weighted by Crippen LogP contribution is 2.23. The molecule has 0 aliphatic rings. The summed E-state index contributed by atoms with van der Waals surface area (Å²) in [5, 5.41) is 20.5. The predicted molar refractivity (Wildman–Crippen MR) is 93.5 cm³/mol. The Balaban J connectivity index is 2.05. The Morgan fingerprint density at radius 1 is 1.04 bits per heavy atom. The van der Waals surface area contributed by atoms with Gasteiger partial charge < -0.3 is 14.8 Å². The van der Waals surface area contributed by atoms with Crippen LogP contribution in [0.2, 0.25) is 0 Å². The fraction of sp³-hybridized carbons (Fsp3) is 0.150. The third-order valence-electron chi connectivity index (χ3n) is 4.11. The van der Waals surface area contributed by atoms with Crippen LogP contribution in [0.5, 0.6) is 5.75 Å². The fourth-order valence-corrected chi connectivity index (χ4v) is 2.76. The molecule has 0 saturated carbocycles. The molecule has 4 heteroatoms. The second kappa shape index (κ2) is 6.72. The highest BCUT2D eigenvalue weighted by Gasteiger charge is 2.16. The fourth-order valence-electron chi connectivity index (χ4n) is 2.76. The second-order valence-corrected chi connectivity index (χ2v) is 5.80. The van der Waals surface area contributed by atoms with Gasteiger partial charge in [0.15, 0.2) is 5.75 Å². The summed E-state index contributed by atoms with van der Waals surface area (Å²) in [5.74, 6) is -0.342. The third kappa shape index (κ3) is 3.24. The number of rotatable bonds is 4. The SMILES string of the molecule is Cc1ccccc1CC(O)c1cc(=O)c(O)cn1-c1ccccc1. The molecule has 2 N–H and O–H groups in total. The highest BCUT2D eigenvalue weighted by atomic mass is 16.3. The first-order valence-corrected chi connectivity index (χ1v) is 7.80. The Hall–Kier alpha value is -2.85. The number of aromatic hydroxyl groups is 1. The van der Waals surface area contributed by atoms with Crippen LogP contribution >= 0.6 is 0 Å². The van der Waals surface area contributed by atoms with E-state index in [9.17, 15) is 15.0 Å². The summed E-state index contributed by atoms with van der Waals surface area (Å²) in [4.78, 5) is 11.9. The summed E-state index contributed by atoms with van der Waals surface area (Å²) in [6.45, 7) is 1.99. The topological polar surface area (TPSA) is 62.5 Å². The zero-order valence-corrected chi connectivity index (χ0v) is 13.4. The van der Waals surface area contributed by atoms with Gasteiger partial charge in [0.25, 0.3) is 0 Å². The molecule has 3 aromatic rings. The lowest BCUT2D eigenvalue weighted by Crippen LogP contribution is -2.16. The molecule has 0 radical (unpaired) electrons. The quantitative estimate of drug-likeness (QED) is 0.776. The smallest absolute Gasteiger partial charge is 0.223 e. The first-order chi connectivity index (χ1) is 11.6. The molecule has 4 nitrogen and oxygen atoms in total. The minimum absolute atomic E-state index is 0.342. The number of aliphatic hydroxyl groups excluding tert-OH is 1. The molecule has 122 valence electrons. The number of aromatic nitrogens is 1. The van der Waals surface area contributed by atoms with E-state index < -0.39 is 11.5 Å². The Bertz CT molecular complexity index is 900. The van der Waals surface area contributed by atoms with Crippen LogP contribution in [-0.2, 0) is 6.42 Å². The largest absolute Gasteiger partial charge is 0.503 e. The molecule has 1 aromatic heterocycles. The molecule has 0 spiro atoms. The van der Waals surface area contributed by atoms with Gasteiger partial charge in [-0.3, -0.25) is 4.79 Å². The van der Waals surface area contributed by atoms with E-state index in [4.69, 9.17) is 0 Å². The van der Waals surface area contributed by atoms with Crippen molar-refractivity contribution < 1.29 is 10.2 Å². The number of hydrogen-bond donors (Lipinski definition) is 2. The van der Waals surface area contributed by atoms with E-state index in [1.807, 2.05) is 61.5 Å². The van der Waals surface area contributed by atoms with Gasteiger partial charge in [-0.1, -0.05) is 42.5 Å². The van der Waals surface area contributed by atoms with Gasteiger partial charge in [0.2, 0.25) is 5.43 Å². The van der Waals surface area contributed by atoms with E-state index in [0.29, 0.717) is 12.1 Å². The number of hydrogen-bond acceptors (Lipinski definition) is 3. The molecule has 0 fully saturated rings. The van der Waals surface area contributed by atoms with Gasteiger partial charge in [-0.2, -0.15) is 0 Å². The van der Waals surface area contributed by atoms with Crippen LogP contribution in [-0.4, -0.2) is 14.8 Å². The number of para-hydroxylation sites is 1. The molecule has 1 heterocycles. The molecular weight excluding hydrogens is 302 g/mol. The van der Waals surface area contributed by atoms with Crippen molar-refractivity contribution >= 4 is 0 Å². The van der Waals surface area contributed by atoms with Crippen molar-refractivity contribution in [2.24, 2.45) is 0 Å². The van der Waals surface area contributed by atoms with Gasteiger partial charge >= 0.3 is 0 Å². The standard InChI is InChI=1S/C20H19NO3/c1-14-7-5-6-8-15(14)11-18(22)17-12-19(23)20(24)13-21(17)16-9-3-2-4-10-16/h2-10,12-13,18,22,24H,11H2,1H3. The van der Waals surface area contributed by atoms with Crippen molar-refractivity contribution in [2.45, 2.75) is 19.4 Å². The van der Waals surface area contributed by atoms with Crippen LogP contribution in [0, 0.1) is 6.92 Å². The average molecular weight is 321 g/mol. The van der Waals surface area contributed by atoms with Gasteiger partial charge in [-0.25, -0.2) is 0 Å². The number of aliphatic hydroxyl groups is 1. The van der Waals surface area contributed by atoms with Gasteiger partial charge in [0, 0.05) is 18.2 Å². The number of benzene rings is 2. The van der Waals surface area contributed by atoms with E-state index in [-0.39, 0.29) is 5.75 Å². The van der Waals surface area contributed by atoms with Crippen molar-refractivity contribution in [1.82, 2.24) is 4.57 Å². The van der Waals surface area contributed by atoms with E-state index in [1.54, 1.807) is 4.57 Å². The Labute approximate surface area is 140 Å². The molecule has 1 atom stereocenters. The summed E-state index contributed by atoms with van der Waals surface area (Å²) in [6, 6.07) is 18.4. The third-order valence-corrected chi connectivity index (χ3v) is 4.11. The molecule has 0 amide bonds. The highest BCUT2D eigenvalue weighted by molar-refractivity contribution is 5.38. The number of pyridine rings is 1. The van der Waals surface area contributed by atoms with Crippen molar-refractivity contribution in [1.29, 1.82) is 0 Å². The lowest BCUT2D eigenvalue weighted by Gasteiger charge is -2.19. The first-order valence-electron chi connectivity index (χ1n) is 7.80. The van der Waals surface area contributed by atoms with Crippen LogP contribution in [0.4, 0.5) is 0 Å². The minimum Gasteiger partial charge on any atom is -0.503 e. The zero-order chi connectivity index (χ0) is 17.1. The number of nitrogens with zero attached hydrogens (tertiary/aromatic N) is 1. The Kier molecular flexibility index (Phi) is 4.49. The van der Waals surface area contributed by atoms with Gasteiger partial charge in [-0.15, -0.1) is 0 Å². The summed E-state index contributed by atoms with van der Waals surface area (Å²) >= 11 is 0. The molecule has 2 aromatic carbocycles. The normalized spacial score (nSPS) is 12.1. The molecule has 0 saturated heterocycles. The summed E-state index contributed by atoms with van der Waals surface area (Å²) in [5.41, 5.74) is 2.83. The minimum atomic E-state index is -0.861. The van der Waals surface area contributed by atoms with Crippen LogP contribution < -0.4 is 5.43 Å². The van der Waals surface area contributed by atoms with E-state index in [2.05, 4.69) is 0 Å². The van der Waals surface area contributed by atoms with Crippen LogP contribution in [0.3, 0.4) is 0 Å². The summed E-state index contributed by atoms with van der Waals surface area (Å²) < 4.78 is 1.65. The Morgan fingerprint density at radius 2 is 1.71 bits per heavy atom. The van der Waals surface area contributed by atoms with Crippen molar-refractivity contribution in [2.75, 3.05) is 0 Å². The van der Waals surface area contributed by atoms with Crippen LogP contribution in [0.1, 0.15) is 22.9 Å². The van der Waals surface area contributed by atoms with Crippen LogP contribution in [0.15, 0.2) is 71.7 Å². The van der Waals surface area contributed by atoms with Crippen molar-refractivity contribution in [3.63, 3.8) is 0 Å². The van der Waals surface area contributed by atoms with Crippen LogP contribution in [0.25, 0.3) is 5.69 Å². The molecule has 24 heavy (non-hydrogen) atoms. The van der Waals surface area contributed by atoms with E-state index >= 15 is 0 Å². The molecule has 0 aliphatic heterocycles. The van der Waals surface area contributed by atoms with Gasteiger partial charge in [-0.05, 0) is 30.2 Å². The van der Waals surface area contributed by atoms with Gasteiger partial charge in [0.1, 0.15) is 0 Å². The van der Waals surface area contributed by atoms with Crippen molar-refractivity contribution in [3.05, 3.63) is 93.9 Å². The zero-order valence-electron chi connectivity index (χ0n) is 13.4. The second-order valence-electron chi connectivity index (χ2n) is 5.80. The number of aryl methyl sites for hydroxylation is 1. The molecule has 3 rings (SSSR count). The van der Waals surface area contributed by atoms with Gasteiger partial charge in [0.05, 0.1) is 18.0 Å². The molecular formula is C20H19NO3. The average Bonchev–Trinajstić information content (AvgIpc) is 2.59.